The van der Waals surface area contributed by atoms with Gasteiger partial charge in [0.05, 0.1) is 23.8 Å². The molecule has 3 aliphatic heterocycles. The van der Waals surface area contributed by atoms with Gasteiger partial charge in [0.15, 0.2) is 4.90 Å². The molecule has 3 aliphatic rings. The van der Waals surface area contributed by atoms with Crippen LogP contribution in [0.4, 0.5) is 0 Å². The average Bonchev–Trinajstić information content (AvgIpc) is 3.22. The van der Waals surface area contributed by atoms with E-state index in [1.54, 1.807) is 18.2 Å². The fourth-order valence-electron chi connectivity index (χ4n) is 5.17. The fourth-order valence-corrected chi connectivity index (χ4v) is 6.61. The maximum atomic E-state index is 13.0. The minimum atomic E-state index is -1.11. The topological polar surface area (TPSA) is 99.1 Å². The van der Waals surface area contributed by atoms with E-state index in [1.165, 1.54) is 0 Å². The Bertz CT molecular complexity index is 1110. The Hall–Kier alpha value is -2.39. The van der Waals surface area contributed by atoms with Crippen LogP contribution in [0.2, 0.25) is 0 Å². The summed E-state index contributed by atoms with van der Waals surface area (Å²) in [6, 6.07) is 9.00. The lowest BCUT2D eigenvalue weighted by Gasteiger charge is -2.33. The second kappa shape index (κ2) is 9.70. The van der Waals surface area contributed by atoms with Crippen molar-refractivity contribution >= 4 is 23.1 Å². The number of hydrogen-bond acceptors (Lipinski definition) is 7. The maximum absolute atomic E-state index is 13.0. The van der Waals surface area contributed by atoms with Crippen LogP contribution < -0.4 is 0 Å². The first-order valence-electron chi connectivity index (χ1n) is 11.8. The van der Waals surface area contributed by atoms with Gasteiger partial charge in [0.2, 0.25) is 0 Å². The number of aliphatic hydroxyl groups is 1. The number of benzene rings is 2. The number of carbonyl (C=O) groups is 2. The highest BCUT2D eigenvalue weighted by atomic mass is 32.2. The van der Waals surface area contributed by atoms with Gasteiger partial charge in [-0.05, 0) is 85.0 Å². The van der Waals surface area contributed by atoms with E-state index in [0.717, 1.165) is 53.1 Å². The Morgan fingerprint density at radius 2 is 1.85 bits per heavy atom. The van der Waals surface area contributed by atoms with Gasteiger partial charge >= 0.3 is 11.9 Å². The molecule has 3 heterocycles. The van der Waals surface area contributed by atoms with Crippen molar-refractivity contribution in [1.29, 1.82) is 0 Å². The van der Waals surface area contributed by atoms with Crippen LogP contribution in [0.1, 0.15) is 61.9 Å². The summed E-state index contributed by atoms with van der Waals surface area (Å²) in [5.41, 5.74) is 4.75. The Balaban J connectivity index is 1.14. The summed E-state index contributed by atoms with van der Waals surface area (Å²) in [6.45, 7) is 4.82. The first kappa shape index (κ1) is 23.4. The summed E-state index contributed by atoms with van der Waals surface area (Å²) in [5, 5.41) is 10.9. The van der Waals surface area contributed by atoms with E-state index < -0.39 is 17.3 Å². The molecule has 0 aliphatic carbocycles. The maximum Gasteiger partial charge on any atom is 0.338 e. The number of fused-ring (bicyclic) bond motifs is 2. The van der Waals surface area contributed by atoms with Crippen molar-refractivity contribution in [3.8, 4) is 0 Å². The molecule has 0 amide bonds. The molecular formula is C26H29NO6S. The molecule has 1 unspecified atom stereocenters. The highest BCUT2D eigenvalue weighted by Crippen LogP contribution is 2.31. The van der Waals surface area contributed by atoms with Gasteiger partial charge < -0.3 is 24.0 Å². The number of hydrogen-bond donors (Lipinski definition) is 1. The summed E-state index contributed by atoms with van der Waals surface area (Å²) in [5.74, 6) is 0.374. The van der Waals surface area contributed by atoms with E-state index in [-0.39, 0.29) is 18.5 Å². The first-order valence-corrected chi connectivity index (χ1v) is 13.1. The predicted molar refractivity (Wildman–Crippen MR) is 126 cm³/mol. The standard InChI is InChI=1S/C26H29NO6S/c1-16-20(4-5-22-23(16)14-33-26(22)30)24(28)13-27-9-6-17(7-10-27)15-34(31)19-2-3-21-18(12-19)8-11-32-25(21)29/h2-5,12,17,24,28H,6-11,13-15H2,1H3/t24-,34?/m0/s1. The second-order valence-corrected chi connectivity index (χ2v) is 10.9. The van der Waals surface area contributed by atoms with Crippen LogP contribution in [0.3, 0.4) is 0 Å². The molecular weight excluding hydrogens is 454 g/mol. The van der Waals surface area contributed by atoms with Crippen LogP contribution in [0, 0.1) is 12.8 Å². The third kappa shape index (κ3) is 4.60. The molecule has 0 bridgehead atoms. The van der Waals surface area contributed by atoms with Crippen molar-refractivity contribution in [1.82, 2.24) is 4.90 Å². The molecule has 2 aromatic carbocycles. The molecule has 1 saturated heterocycles. The van der Waals surface area contributed by atoms with Crippen molar-refractivity contribution in [3.63, 3.8) is 0 Å². The monoisotopic (exact) mass is 483 g/mol. The molecule has 1 N–H and O–H groups in total. The van der Waals surface area contributed by atoms with Gasteiger partial charge in [-0.25, -0.2) is 9.59 Å². The summed E-state index contributed by atoms with van der Waals surface area (Å²) in [6.07, 6.45) is 1.90. The quantitative estimate of drug-likeness (QED) is 0.498. The average molecular weight is 484 g/mol. The number of esters is 2. The van der Waals surface area contributed by atoms with Crippen molar-refractivity contribution in [3.05, 3.63) is 63.7 Å². The zero-order chi connectivity index (χ0) is 23.8. The number of ether oxygens (including phenoxy) is 2. The Labute approximate surface area is 202 Å². The number of carbonyl (C=O) groups excluding carboxylic acids is 2. The molecule has 34 heavy (non-hydrogen) atoms. The number of rotatable bonds is 6. The van der Waals surface area contributed by atoms with Crippen molar-refractivity contribution < 1.29 is 28.7 Å². The molecule has 0 saturated carbocycles. The number of likely N-dealkylation sites (tertiary alicyclic amines) is 1. The van der Waals surface area contributed by atoms with Crippen molar-refractivity contribution in [2.75, 3.05) is 32.0 Å². The molecule has 0 spiro atoms. The minimum absolute atomic E-state index is 0.275. The molecule has 0 aromatic heterocycles. The highest BCUT2D eigenvalue weighted by molar-refractivity contribution is 7.91. The van der Waals surface area contributed by atoms with Crippen LogP contribution in [0.25, 0.3) is 0 Å². The van der Waals surface area contributed by atoms with E-state index in [9.17, 15) is 19.2 Å². The van der Waals surface area contributed by atoms with Gasteiger partial charge in [-0.2, -0.15) is 0 Å². The largest absolute Gasteiger partial charge is 0.611 e. The van der Waals surface area contributed by atoms with E-state index in [4.69, 9.17) is 9.47 Å². The van der Waals surface area contributed by atoms with Gasteiger partial charge in [-0.1, -0.05) is 6.07 Å². The number of β-amino-alcohol motifs (C(OH)–C–C–N with tert-alkyl or cyclic N) is 1. The van der Waals surface area contributed by atoms with E-state index >= 15 is 0 Å². The van der Waals surface area contributed by atoms with Crippen LogP contribution in [-0.4, -0.2) is 58.5 Å². The lowest BCUT2D eigenvalue weighted by atomic mass is 9.94. The number of aliphatic hydroxyl groups excluding tert-OH is 1. The van der Waals surface area contributed by atoms with E-state index in [0.29, 0.717) is 42.4 Å². The lowest BCUT2D eigenvalue weighted by molar-refractivity contribution is 0.0478. The molecule has 2 atom stereocenters. The van der Waals surface area contributed by atoms with Crippen LogP contribution in [0.5, 0.6) is 0 Å². The zero-order valence-corrected chi connectivity index (χ0v) is 20.1. The van der Waals surface area contributed by atoms with Crippen LogP contribution >= 0.6 is 0 Å². The van der Waals surface area contributed by atoms with Gasteiger partial charge in [0.1, 0.15) is 12.4 Å². The first-order chi connectivity index (χ1) is 16.4. The van der Waals surface area contributed by atoms with E-state index in [2.05, 4.69) is 4.90 Å². The van der Waals surface area contributed by atoms with Gasteiger partial charge in [0, 0.05) is 24.4 Å². The van der Waals surface area contributed by atoms with E-state index in [1.807, 2.05) is 19.1 Å². The van der Waals surface area contributed by atoms with Crippen molar-refractivity contribution in [2.45, 2.75) is 43.8 Å². The third-order valence-corrected chi connectivity index (χ3v) is 8.81. The number of piperidine rings is 1. The molecule has 8 heteroatoms. The normalized spacial score (nSPS) is 20.3. The number of nitrogens with zero attached hydrogens (tertiary/aromatic N) is 1. The predicted octanol–water partition coefficient (Wildman–Crippen LogP) is 2.93. The smallest absolute Gasteiger partial charge is 0.338 e. The molecule has 5 rings (SSSR count). The molecule has 2 aromatic rings. The van der Waals surface area contributed by atoms with Gasteiger partial charge in [-0.15, -0.1) is 0 Å². The van der Waals surface area contributed by atoms with Gasteiger partial charge in [0.25, 0.3) is 0 Å². The SMILES string of the molecule is Cc1c([C@@H](O)CN2CCC(C[S+]([O-])c3ccc4c(c3)CCOC4=O)CC2)ccc2c1COC2=O. The molecule has 180 valence electrons. The Kier molecular flexibility index (Phi) is 6.66. The Morgan fingerprint density at radius 3 is 2.65 bits per heavy atom. The molecule has 7 nitrogen and oxygen atoms in total. The zero-order valence-electron chi connectivity index (χ0n) is 19.2. The molecule has 0 radical (unpaired) electrons. The van der Waals surface area contributed by atoms with Crippen LogP contribution in [0.15, 0.2) is 35.2 Å². The minimum Gasteiger partial charge on any atom is -0.611 e. The summed E-state index contributed by atoms with van der Waals surface area (Å²) in [4.78, 5) is 26.6. The lowest BCUT2D eigenvalue weighted by Crippen LogP contribution is -2.38. The summed E-state index contributed by atoms with van der Waals surface area (Å²) < 4.78 is 23.2. The summed E-state index contributed by atoms with van der Waals surface area (Å²) in [7, 11) is 0. The second-order valence-electron chi connectivity index (χ2n) is 9.36. The highest BCUT2D eigenvalue weighted by Gasteiger charge is 2.29. The van der Waals surface area contributed by atoms with Crippen LogP contribution in [-0.2, 0) is 33.7 Å². The summed E-state index contributed by atoms with van der Waals surface area (Å²) >= 11 is -1.11. The molecule has 1 fully saturated rings. The van der Waals surface area contributed by atoms with Crippen molar-refractivity contribution in [2.24, 2.45) is 5.92 Å². The Morgan fingerprint density at radius 1 is 1.12 bits per heavy atom. The number of cyclic esters (lactones) is 2. The fraction of sp³-hybridized carbons (Fsp3) is 0.462. The third-order valence-electron chi connectivity index (χ3n) is 7.26. The van der Waals surface area contributed by atoms with Gasteiger partial charge in [-0.3, -0.25) is 0 Å².